The number of hydrogen-bond acceptors (Lipinski definition) is 4. The van der Waals surface area contributed by atoms with E-state index in [0.29, 0.717) is 0 Å². The fourth-order valence-electron chi connectivity index (χ4n) is 4.45. The van der Waals surface area contributed by atoms with E-state index >= 15 is 0 Å². The molecular weight excluding hydrogens is 356 g/mol. The van der Waals surface area contributed by atoms with Gasteiger partial charge in [-0.05, 0) is 31.4 Å². The molecule has 2 aliphatic heterocycles. The van der Waals surface area contributed by atoms with Crippen LogP contribution < -0.4 is 10.6 Å². The summed E-state index contributed by atoms with van der Waals surface area (Å²) in [6, 6.07) is 11.2. The van der Waals surface area contributed by atoms with Gasteiger partial charge in [-0.15, -0.1) is 0 Å². The molecule has 5 heteroatoms. The first kappa shape index (κ1) is 20.8. The Bertz CT molecular complexity index is 616. The molecule has 2 heterocycles. The zero-order chi connectivity index (χ0) is 19.3. The minimum Gasteiger partial charge on any atom is -0.314 e. The Labute approximate surface area is 169 Å². The van der Waals surface area contributed by atoms with Crippen molar-refractivity contribution in [2.75, 3.05) is 52.4 Å². The molecule has 0 bridgehead atoms. The fourth-order valence-corrected chi connectivity index (χ4v) is 4.89. The van der Waals surface area contributed by atoms with Crippen molar-refractivity contribution in [3.63, 3.8) is 0 Å². The first-order valence-corrected chi connectivity index (χ1v) is 10.8. The lowest BCUT2D eigenvalue weighted by molar-refractivity contribution is 0.137. The van der Waals surface area contributed by atoms with Crippen LogP contribution in [0.25, 0.3) is 0 Å². The summed E-state index contributed by atoms with van der Waals surface area (Å²) in [5, 5.41) is 6.95. The van der Waals surface area contributed by atoms with Crippen molar-refractivity contribution < 1.29 is 0 Å². The molecule has 0 radical (unpaired) electrons. The van der Waals surface area contributed by atoms with Crippen molar-refractivity contribution >= 4 is 11.6 Å². The topological polar surface area (TPSA) is 30.5 Å². The molecule has 4 nitrogen and oxygen atoms in total. The highest BCUT2D eigenvalue weighted by molar-refractivity contribution is 6.25. The molecule has 0 aromatic heterocycles. The van der Waals surface area contributed by atoms with Crippen LogP contribution in [0.15, 0.2) is 41.5 Å². The van der Waals surface area contributed by atoms with Crippen LogP contribution in [0.3, 0.4) is 0 Å². The van der Waals surface area contributed by atoms with Gasteiger partial charge in [-0.2, -0.15) is 0 Å². The van der Waals surface area contributed by atoms with Crippen LogP contribution in [0.4, 0.5) is 0 Å². The van der Waals surface area contributed by atoms with E-state index in [1.807, 2.05) is 0 Å². The monoisotopic (exact) mass is 390 g/mol. The van der Waals surface area contributed by atoms with E-state index < -0.39 is 5.00 Å². The number of benzene rings is 1. The summed E-state index contributed by atoms with van der Waals surface area (Å²) in [7, 11) is 0. The van der Waals surface area contributed by atoms with Crippen molar-refractivity contribution in [2.24, 2.45) is 0 Å². The summed E-state index contributed by atoms with van der Waals surface area (Å²) in [4.78, 5) is 4.59. The van der Waals surface area contributed by atoms with Gasteiger partial charge in [-0.3, -0.25) is 9.80 Å². The largest absolute Gasteiger partial charge is 0.314 e. The van der Waals surface area contributed by atoms with Gasteiger partial charge in [0.2, 0.25) is 0 Å². The molecule has 1 aromatic carbocycles. The standard InChI is InChI=1S/C22H35ClN4/c1-4-18(2)20(22(3,23)27-16-12-25-13-17-27)21(19-8-6-5-7-9-19)26-14-10-24-11-15-26/h5-9,21,24-25H,4,10-17H2,1-3H3/b20-18-. The highest BCUT2D eigenvalue weighted by Crippen LogP contribution is 2.43. The first-order chi connectivity index (χ1) is 13.1. The molecule has 0 saturated carbocycles. The number of nitrogens with zero attached hydrogens (tertiary/aromatic N) is 2. The molecule has 2 unspecified atom stereocenters. The maximum atomic E-state index is 7.42. The molecule has 27 heavy (non-hydrogen) atoms. The van der Waals surface area contributed by atoms with Crippen LogP contribution in [0.1, 0.15) is 38.8 Å². The quantitative estimate of drug-likeness (QED) is 0.443. The van der Waals surface area contributed by atoms with E-state index in [2.05, 4.69) is 71.5 Å². The van der Waals surface area contributed by atoms with Gasteiger partial charge in [0.05, 0.1) is 6.04 Å². The third kappa shape index (κ3) is 4.75. The van der Waals surface area contributed by atoms with Gasteiger partial charge in [-0.25, -0.2) is 0 Å². The molecule has 2 aliphatic rings. The molecular formula is C22H35ClN4. The smallest absolute Gasteiger partial charge is 0.117 e. The predicted octanol–water partition coefficient (Wildman–Crippen LogP) is 3.22. The van der Waals surface area contributed by atoms with Crippen molar-refractivity contribution in [3.05, 3.63) is 47.0 Å². The second-order valence-electron chi connectivity index (χ2n) is 7.84. The van der Waals surface area contributed by atoms with Crippen molar-refractivity contribution in [1.29, 1.82) is 0 Å². The highest BCUT2D eigenvalue weighted by Gasteiger charge is 2.41. The maximum Gasteiger partial charge on any atom is 0.117 e. The van der Waals surface area contributed by atoms with E-state index in [9.17, 15) is 0 Å². The Balaban J connectivity index is 2.05. The Hall–Kier alpha value is -0.910. The fraction of sp³-hybridized carbons (Fsp3) is 0.636. The first-order valence-electron chi connectivity index (χ1n) is 10.4. The molecule has 2 atom stereocenters. The van der Waals surface area contributed by atoms with E-state index in [0.717, 1.165) is 58.8 Å². The molecule has 3 rings (SSSR count). The minimum atomic E-state index is -0.479. The number of nitrogens with one attached hydrogen (secondary N) is 2. The van der Waals surface area contributed by atoms with Gasteiger partial charge < -0.3 is 10.6 Å². The summed E-state index contributed by atoms with van der Waals surface area (Å²) in [5.74, 6) is 0. The minimum absolute atomic E-state index is 0.227. The van der Waals surface area contributed by atoms with E-state index in [4.69, 9.17) is 11.6 Å². The van der Waals surface area contributed by atoms with Crippen molar-refractivity contribution in [2.45, 2.75) is 38.2 Å². The average Bonchev–Trinajstić information content (AvgIpc) is 2.73. The average molecular weight is 391 g/mol. The summed E-state index contributed by atoms with van der Waals surface area (Å²) in [6.45, 7) is 14.9. The summed E-state index contributed by atoms with van der Waals surface area (Å²) < 4.78 is 0. The molecule has 2 saturated heterocycles. The zero-order valence-corrected chi connectivity index (χ0v) is 17.9. The van der Waals surface area contributed by atoms with Gasteiger partial charge >= 0.3 is 0 Å². The molecule has 2 fully saturated rings. The second kappa shape index (κ2) is 9.53. The number of allylic oxidation sites excluding steroid dienone is 1. The summed E-state index contributed by atoms with van der Waals surface area (Å²) >= 11 is 7.42. The highest BCUT2D eigenvalue weighted by atomic mass is 35.5. The normalized spacial score (nSPS) is 24.1. The molecule has 1 aromatic rings. The Morgan fingerprint density at radius 3 is 2.15 bits per heavy atom. The van der Waals surface area contributed by atoms with Crippen LogP contribution >= 0.6 is 11.6 Å². The Kier molecular flexibility index (Phi) is 7.35. The summed E-state index contributed by atoms with van der Waals surface area (Å²) in [5.41, 5.74) is 4.14. The predicted molar refractivity (Wildman–Crippen MR) is 115 cm³/mol. The zero-order valence-electron chi connectivity index (χ0n) is 17.1. The van der Waals surface area contributed by atoms with Gasteiger partial charge in [0.15, 0.2) is 0 Å². The Morgan fingerprint density at radius 2 is 1.59 bits per heavy atom. The van der Waals surface area contributed by atoms with Gasteiger partial charge in [-0.1, -0.05) is 54.4 Å². The van der Waals surface area contributed by atoms with Crippen molar-refractivity contribution in [3.8, 4) is 0 Å². The Morgan fingerprint density at radius 1 is 1.04 bits per heavy atom. The van der Waals surface area contributed by atoms with Crippen LogP contribution in [0.2, 0.25) is 0 Å². The third-order valence-electron chi connectivity index (χ3n) is 6.10. The SMILES string of the molecule is CC/C(C)=C(/C(c1ccccc1)N1CCNCC1)C(C)(Cl)N1CCNCC1. The lowest BCUT2D eigenvalue weighted by Gasteiger charge is -2.47. The molecule has 0 amide bonds. The maximum absolute atomic E-state index is 7.42. The number of rotatable bonds is 6. The second-order valence-corrected chi connectivity index (χ2v) is 8.57. The number of alkyl halides is 1. The van der Waals surface area contributed by atoms with E-state index in [1.165, 1.54) is 16.7 Å². The van der Waals surface area contributed by atoms with Crippen molar-refractivity contribution in [1.82, 2.24) is 20.4 Å². The van der Waals surface area contributed by atoms with Crippen LogP contribution in [0.5, 0.6) is 0 Å². The number of halogens is 1. The number of piperazine rings is 2. The van der Waals surface area contributed by atoms with Gasteiger partial charge in [0.1, 0.15) is 5.00 Å². The van der Waals surface area contributed by atoms with E-state index in [-0.39, 0.29) is 6.04 Å². The van der Waals surface area contributed by atoms with Crippen LogP contribution in [0, 0.1) is 0 Å². The molecule has 0 aliphatic carbocycles. The van der Waals surface area contributed by atoms with Crippen LogP contribution in [-0.4, -0.2) is 67.2 Å². The number of hydrogen-bond donors (Lipinski definition) is 2. The molecule has 0 spiro atoms. The molecule has 2 N–H and O–H groups in total. The van der Waals surface area contributed by atoms with Gasteiger partial charge in [0, 0.05) is 52.4 Å². The summed E-state index contributed by atoms with van der Waals surface area (Å²) in [6.07, 6.45) is 1.03. The van der Waals surface area contributed by atoms with E-state index in [1.54, 1.807) is 0 Å². The van der Waals surface area contributed by atoms with Gasteiger partial charge in [0.25, 0.3) is 0 Å². The third-order valence-corrected chi connectivity index (χ3v) is 6.54. The molecule has 150 valence electrons. The lowest BCUT2D eigenvalue weighted by atomic mass is 9.86. The lowest BCUT2D eigenvalue weighted by Crippen LogP contribution is -2.55. The van der Waals surface area contributed by atoms with Crippen LogP contribution in [-0.2, 0) is 0 Å².